The van der Waals surface area contributed by atoms with Gasteiger partial charge in [-0.25, -0.2) is 9.59 Å². The molecule has 13 heteroatoms. The van der Waals surface area contributed by atoms with E-state index in [9.17, 15) is 27.6 Å². The smallest absolute Gasteiger partial charge is 0.418 e. The Labute approximate surface area is 266 Å². The van der Waals surface area contributed by atoms with Gasteiger partial charge in [-0.05, 0) is 67.6 Å². The van der Waals surface area contributed by atoms with Gasteiger partial charge in [0.05, 0.1) is 40.8 Å². The average molecular weight is 655 g/mol. The second-order valence-electron chi connectivity index (χ2n) is 11.2. The summed E-state index contributed by atoms with van der Waals surface area (Å²) in [5.41, 5.74) is -2.23. The number of carbonyl (C=O) groups excluding carboxylic acids is 1. The number of hydrogen-bond acceptors (Lipinski definition) is 7. The number of ether oxygens (including phenoxy) is 2. The predicted octanol–water partition coefficient (Wildman–Crippen LogP) is 5.93. The fourth-order valence-electron chi connectivity index (χ4n) is 5.63. The lowest BCUT2D eigenvalue weighted by Gasteiger charge is -2.31. The normalized spacial score (nSPS) is 16.0. The molecule has 0 radical (unpaired) electrons. The van der Waals surface area contributed by atoms with Gasteiger partial charge < -0.3 is 19.3 Å². The van der Waals surface area contributed by atoms with Crippen molar-refractivity contribution >= 4 is 28.9 Å². The summed E-state index contributed by atoms with van der Waals surface area (Å²) in [5.74, 6) is 0.130. The molecule has 6 rings (SSSR count). The third-order valence-electron chi connectivity index (χ3n) is 8.04. The lowest BCUT2D eigenvalue weighted by atomic mass is 10.1. The Morgan fingerprint density at radius 2 is 1.74 bits per heavy atom. The molecule has 240 valence electrons. The van der Waals surface area contributed by atoms with Gasteiger partial charge >= 0.3 is 17.8 Å². The molecule has 0 N–H and O–H groups in total. The predicted molar refractivity (Wildman–Crippen MR) is 167 cm³/mol. The number of rotatable bonds is 9. The van der Waals surface area contributed by atoms with Crippen molar-refractivity contribution in [3.05, 3.63) is 115 Å². The van der Waals surface area contributed by atoms with Crippen molar-refractivity contribution in [3.63, 3.8) is 0 Å². The number of esters is 1. The Balaban J connectivity index is 1.47. The fourth-order valence-corrected chi connectivity index (χ4v) is 5.93. The van der Waals surface area contributed by atoms with Gasteiger partial charge in [0, 0.05) is 19.8 Å². The first-order valence-electron chi connectivity index (χ1n) is 14.7. The van der Waals surface area contributed by atoms with Crippen LogP contribution in [0.15, 0.2) is 82.5 Å². The molecule has 4 aromatic rings. The van der Waals surface area contributed by atoms with Gasteiger partial charge in [-0.2, -0.15) is 13.2 Å². The van der Waals surface area contributed by atoms with Gasteiger partial charge in [-0.15, -0.1) is 0 Å². The number of carbonyl (C=O) groups is 1. The van der Waals surface area contributed by atoms with E-state index < -0.39 is 58.0 Å². The number of aromatic nitrogens is 2. The van der Waals surface area contributed by atoms with Crippen molar-refractivity contribution in [1.82, 2.24) is 9.13 Å². The summed E-state index contributed by atoms with van der Waals surface area (Å²) in [7, 11) is 1.90. The number of halogens is 4. The van der Waals surface area contributed by atoms with Crippen LogP contribution in [-0.4, -0.2) is 41.7 Å². The number of hydrogen-bond donors (Lipinski definition) is 0. The van der Waals surface area contributed by atoms with E-state index in [1.807, 2.05) is 42.3 Å². The highest BCUT2D eigenvalue weighted by Gasteiger charge is 2.39. The average Bonchev–Trinajstić information content (AvgIpc) is 3.81. The zero-order chi connectivity index (χ0) is 32.7. The molecule has 0 amide bonds. The number of anilines is 2. The van der Waals surface area contributed by atoms with E-state index in [0.29, 0.717) is 28.5 Å². The van der Waals surface area contributed by atoms with E-state index in [2.05, 4.69) is 4.90 Å². The summed E-state index contributed by atoms with van der Waals surface area (Å²) in [4.78, 5) is 44.4. The summed E-state index contributed by atoms with van der Waals surface area (Å²) < 4.78 is 55.0. The van der Waals surface area contributed by atoms with Crippen LogP contribution >= 0.6 is 11.6 Å². The highest BCUT2D eigenvalue weighted by molar-refractivity contribution is 6.31. The Kier molecular flexibility index (Phi) is 8.32. The van der Waals surface area contributed by atoms with Crippen LogP contribution in [0.5, 0.6) is 5.75 Å². The summed E-state index contributed by atoms with van der Waals surface area (Å²) in [6, 6.07) is 18.1. The van der Waals surface area contributed by atoms with Gasteiger partial charge in [-0.3, -0.25) is 13.9 Å². The van der Waals surface area contributed by atoms with Gasteiger partial charge in [0.15, 0.2) is 0 Å². The zero-order valence-electron chi connectivity index (χ0n) is 25.0. The van der Waals surface area contributed by atoms with E-state index in [1.54, 1.807) is 25.1 Å². The lowest BCUT2D eigenvalue weighted by Crippen LogP contribution is -2.46. The van der Waals surface area contributed by atoms with Crippen LogP contribution in [0, 0.1) is 5.92 Å². The standard InChI is InChI=1S/C33H30ClF3N4O5/c1-3-45-30(43)24-19-39(31(44)41(29(24)42)18-21-8-7-11-25(34)28(21)33(35,36)37)22-14-15-26-27(16-22)40(17-20-12-13-20)32(38(26)2)46-23-9-5-4-6-10-23/h4-11,14-16,19-20,32H,3,12-13,17-18H2,1-2H3. The Hall–Kier alpha value is -4.71. The molecule has 1 atom stereocenters. The van der Waals surface area contributed by atoms with Crippen molar-refractivity contribution in [2.24, 2.45) is 5.92 Å². The van der Waals surface area contributed by atoms with E-state index in [-0.39, 0.29) is 6.61 Å². The van der Waals surface area contributed by atoms with Crippen LogP contribution in [0.4, 0.5) is 24.5 Å². The number of fused-ring (bicyclic) bond motifs is 1. The van der Waals surface area contributed by atoms with Crippen LogP contribution < -0.4 is 25.8 Å². The van der Waals surface area contributed by atoms with Crippen LogP contribution in [0.25, 0.3) is 5.69 Å². The van der Waals surface area contributed by atoms with E-state index in [1.165, 1.54) is 6.07 Å². The highest BCUT2D eigenvalue weighted by Crippen LogP contribution is 2.43. The Bertz CT molecular complexity index is 1910. The fraction of sp³-hybridized carbons (Fsp3) is 0.303. The lowest BCUT2D eigenvalue weighted by molar-refractivity contribution is -0.138. The summed E-state index contributed by atoms with van der Waals surface area (Å²) in [5, 5.41) is -0.578. The molecule has 46 heavy (non-hydrogen) atoms. The van der Waals surface area contributed by atoms with Crippen LogP contribution in [-0.2, 0) is 17.5 Å². The maximum absolute atomic E-state index is 14.0. The minimum atomic E-state index is -4.86. The van der Waals surface area contributed by atoms with Crippen LogP contribution in [0.2, 0.25) is 5.02 Å². The van der Waals surface area contributed by atoms with Gasteiger partial charge in [-0.1, -0.05) is 41.9 Å². The molecule has 1 unspecified atom stereocenters. The summed E-state index contributed by atoms with van der Waals surface area (Å²) in [6.45, 7) is 1.39. The van der Waals surface area contributed by atoms with Crippen LogP contribution in [0.1, 0.15) is 41.3 Å². The highest BCUT2D eigenvalue weighted by atomic mass is 35.5. The Morgan fingerprint density at radius 1 is 1.00 bits per heavy atom. The second kappa shape index (κ2) is 12.2. The second-order valence-corrected chi connectivity index (χ2v) is 11.6. The number of benzene rings is 3. The van der Waals surface area contributed by atoms with E-state index in [4.69, 9.17) is 21.1 Å². The first-order chi connectivity index (χ1) is 22.0. The molecule has 3 aromatic carbocycles. The van der Waals surface area contributed by atoms with E-state index in [0.717, 1.165) is 47.1 Å². The zero-order valence-corrected chi connectivity index (χ0v) is 25.7. The third kappa shape index (κ3) is 5.96. The topological polar surface area (TPSA) is 86.0 Å². The quantitative estimate of drug-likeness (QED) is 0.207. The maximum atomic E-state index is 14.0. The van der Waals surface area contributed by atoms with Gasteiger partial charge in [0.25, 0.3) is 11.9 Å². The summed E-state index contributed by atoms with van der Waals surface area (Å²) >= 11 is 5.91. The number of para-hydroxylation sites is 1. The molecule has 0 saturated heterocycles. The van der Waals surface area contributed by atoms with Gasteiger partial charge in [0.1, 0.15) is 11.3 Å². The van der Waals surface area contributed by atoms with Gasteiger partial charge in [0.2, 0.25) is 0 Å². The van der Waals surface area contributed by atoms with E-state index >= 15 is 0 Å². The number of nitrogens with zero attached hydrogens (tertiary/aromatic N) is 4. The minimum absolute atomic E-state index is 0.0615. The molecule has 1 aliphatic heterocycles. The molecule has 9 nitrogen and oxygen atoms in total. The largest absolute Gasteiger partial charge is 0.462 e. The van der Waals surface area contributed by atoms with Crippen molar-refractivity contribution in [3.8, 4) is 11.4 Å². The molecule has 1 saturated carbocycles. The first-order valence-corrected chi connectivity index (χ1v) is 15.1. The molecule has 1 aromatic heterocycles. The molecule has 2 aliphatic rings. The molecule has 1 fully saturated rings. The number of alkyl halides is 3. The molecule has 0 spiro atoms. The molecule has 0 bridgehead atoms. The SMILES string of the molecule is CCOC(=O)c1cn(-c2ccc3c(c2)N(CC2CC2)C(Oc2ccccc2)N3C)c(=O)n(Cc2cccc(Cl)c2C(F)(F)F)c1=O. The molecular formula is C33H30ClF3N4O5. The Morgan fingerprint density at radius 3 is 2.41 bits per heavy atom. The summed E-state index contributed by atoms with van der Waals surface area (Å²) in [6.07, 6.45) is -2.12. The first kappa shape index (κ1) is 31.3. The van der Waals surface area contributed by atoms with Crippen molar-refractivity contribution < 1.29 is 27.4 Å². The maximum Gasteiger partial charge on any atom is 0.418 e. The molecule has 1 aliphatic carbocycles. The van der Waals surface area contributed by atoms with Crippen molar-refractivity contribution in [2.75, 3.05) is 30.0 Å². The molecule has 2 heterocycles. The monoisotopic (exact) mass is 654 g/mol. The van der Waals surface area contributed by atoms with Crippen molar-refractivity contribution in [2.45, 2.75) is 38.8 Å². The third-order valence-corrected chi connectivity index (χ3v) is 8.35. The van der Waals surface area contributed by atoms with Crippen molar-refractivity contribution in [1.29, 1.82) is 0 Å². The van der Waals surface area contributed by atoms with Crippen LogP contribution in [0.3, 0.4) is 0 Å². The minimum Gasteiger partial charge on any atom is -0.462 e. The molecular weight excluding hydrogens is 625 g/mol.